The van der Waals surface area contributed by atoms with Gasteiger partial charge in [-0.15, -0.1) is 17.0 Å². The van der Waals surface area contributed by atoms with E-state index in [0.717, 1.165) is 0 Å². The van der Waals surface area contributed by atoms with Crippen molar-refractivity contribution in [1.82, 2.24) is 0 Å². The van der Waals surface area contributed by atoms with E-state index in [0.29, 0.717) is 0 Å². The van der Waals surface area contributed by atoms with Crippen molar-refractivity contribution < 1.29 is 0 Å². The molecule has 0 bridgehead atoms. The summed E-state index contributed by atoms with van der Waals surface area (Å²) in [4.78, 5) is 1.92. The molecule has 0 fully saturated rings. The summed E-state index contributed by atoms with van der Waals surface area (Å²) >= 11 is 3.20. The lowest BCUT2D eigenvalue weighted by molar-refractivity contribution is 0.815. The minimum absolute atomic E-state index is 0. The van der Waals surface area contributed by atoms with E-state index < -0.39 is 0 Å². The molecule has 0 aromatic carbocycles. The molecule has 50 valence electrons. The Hall–Kier alpha value is 0.700. The fourth-order valence-electron chi connectivity index (χ4n) is 0.385. The zero-order valence-corrected chi connectivity index (χ0v) is 8.36. The zero-order chi connectivity index (χ0) is 5.54. The lowest BCUT2D eigenvalue weighted by Crippen LogP contribution is -1.62. The molecule has 0 aromatic heterocycles. The standard InChI is InChI=1S/C6H11Br.BrH/c1-2-3-4-5-6-7;/h5-6H,2-4H2,1H3;1H. The molecule has 0 amide bonds. The SMILES string of the molecule is Br.CCCCC=CBr. The molecule has 0 aliphatic carbocycles. The number of hydrogen-bond donors (Lipinski definition) is 0. The van der Waals surface area contributed by atoms with Crippen molar-refractivity contribution >= 4 is 32.9 Å². The van der Waals surface area contributed by atoms with Crippen LogP contribution in [0.15, 0.2) is 11.1 Å². The van der Waals surface area contributed by atoms with Crippen molar-refractivity contribution in [2.45, 2.75) is 26.2 Å². The van der Waals surface area contributed by atoms with E-state index in [1.165, 1.54) is 19.3 Å². The summed E-state index contributed by atoms with van der Waals surface area (Å²) in [6.45, 7) is 2.20. The first-order valence-corrected chi connectivity index (χ1v) is 3.58. The van der Waals surface area contributed by atoms with E-state index in [1.54, 1.807) is 0 Å². The molecule has 0 radical (unpaired) electrons. The van der Waals surface area contributed by atoms with Gasteiger partial charge in [-0.2, -0.15) is 0 Å². The van der Waals surface area contributed by atoms with Gasteiger partial charge < -0.3 is 0 Å². The molecule has 8 heavy (non-hydrogen) atoms. The highest BCUT2D eigenvalue weighted by molar-refractivity contribution is 9.11. The van der Waals surface area contributed by atoms with Gasteiger partial charge in [-0.05, 0) is 11.4 Å². The summed E-state index contributed by atoms with van der Waals surface area (Å²) in [6.07, 6.45) is 5.94. The van der Waals surface area contributed by atoms with Gasteiger partial charge >= 0.3 is 0 Å². The molecule has 0 aliphatic heterocycles. The smallest absolute Gasteiger partial charge is 0.0229 e. The molecule has 0 nitrogen and oxygen atoms in total. The predicted molar refractivity (Wildman–Crippen MR) is 47.9 cm³/mol. The van der Waals surface area contributed by atoms with Crippen LogP contribution in [0.25, 0.3) is 0 Å². The lowest BCUT2D eigenvalue weighted by atomic mass is 10.3. The monoisotopic (exact) mass is 242 g/mol. The molecule has 0 aromatic rings. The quantitative estimate of drug-likeness (QED) is 0.664. The molecule has 0 saturated carbocycles. The van der Waals surface area contributed by atoms with Crippen LogP contribution in [0.3, 0.4) is 0 Å². The largest absolute Gasteiger partial charge is 0.114 e. The van der Waals surface area contributed by atoms with Crippen molar-refractivity contribution in [3.63, 3.8) is 0 Å². The molecule has 2 heteroatoms. The minimum atomic E-state index is 0. The maximum atomic E-state index is 3.20. The van der Waals surface area contributed by atoms with E-state index in [4.69, 9.17) is 0 Å². The summed E-state index contributed by atoms with van der Waals surface area (Å²) in [5, 5.41) is 0. The van der Waals surface area contributed by atoms with E-state index in [2.05, 4.69) is 28.9 Å². The van der Waals surface area contributed by atoms with Crippen LogP contribution < -0.4 is 0 Å². The third-order valence-corrected chi connectivity index (χ3v) is 1.19. The number of halogens is 2. The Balaban J connectivity index is 0. The third-order valence-electron chi connectivity index (χ3n) is 0.813. The Morgan fingerprint density at radius 2 is 2.12 bits per heavy atom. The van der Waals surface area contributed by atoms with Gasteiger partial charge in [0.2, 0.25) is 0 Å². The molecule has 0 aliphatic rings. The normalized spacial score (nSPS) is 9.25. The number of rotatable bonds is 3. The highest BCUT2D eigenvalue weighted by atomic mass is 79.9. The van der Waals surface area contributed by atoms with Gasteiger partial charge in [-0.3, -0.25) is 0 Å². The number of hydrogen-bond acceptors (Lipinski definition) is 0. The van der Waals surface area contributed by atoms with Crippen molar-refractivity contribution in [3.05, 3.63) is 11.1 Å². The first-order valence-electron chi connectivity index (χ1n) is 2.67. The molecule has 0 spiro atoms. The average Bonchev–Trinajstić information content (AvgIpc) is 1.69. The fourth-order valence-corrected chi connectivity index (χ4v) is 0.649. The van der Waals surface area contributed by atoms with Gasteiger partial charge in [-0.1, -0.05) is 41.8 Å². The first-order chi connectivity index (χ1) is 3.41. The Morgan fingerprint density at radius 1 is 1.50 bits per heavy atom. The Bertz CT molecular complexity index is 50.5. The Kier molecular flexibility index (Phi) is 15.3. The Labute approximate surface area is 70.3 Å². The molecule has 0 rings (SSSR count). The van der Waals surface area contributed by atoms with Crippen LogP contribution in [0, 0.1) is 0 Å². The van der Waals surface area contributed by atoms with E-state index in [1.807, 2.05) is 4.99 Å². The van der Waals surface area contributed by atoms with Crippen molar-refractivity contribution in [3.8, 4) is 0 Å². The Morgan fingerprint density at radius 3 is 2.50 bits per heavy atom. The predicted octanol–water partition coefficient (Wildman–Crippen LogP) is 3.66. The van der Waals surface area contributed by atoms with Crippen LogP contribution in [0.2, 0.25) is 0 Å². The van der Waals surface area contributed by atoms with E-state index in [-0.39, 0.29) is 17.0 Å². The van der Waals surface area contributed by atoms with Crippen LogP contribution in [-0.2, 0) is 0 Å². The van der Waals surface area contributed by atoms with E-state index in [9.17, 15) is 0 Å². The van der Waals surface area contributed by atoms with Crippen molar-refractivity contribution in [2.24, 2.45) is 0 Å². The van der Waals surface area contributed by atoms with Gasteiger partial charge in [0.15, 0.2) is 0 Å². The molecule has 0 N–H and O–H groups in total. The van der Waals surface area contributed by atoms with Crippen LogP contribution in [0.4, 0.5) is 0 Å². The second-order valence-corrected chi connectivity index (χ2v) is 2.03. The fraction of sp³-hybridized carbons (Fsp3) is 0.667. The zero-order valence-electron chi connectivity index (χ0n) is 5.06. The van der Waals surface area contributed by atoms with Crippen LogP contribution in [0.5, 0.6) is 0 Å². The molecule has 0 heterocycles. The van der Waals surface area contributed by atoms with Gasteiger partial charge in [0, 0.05) is 0 Å². The van der Waals surface area contributed by atoms with E-state index >= 15 is 0 Å². The summed E-state index contributed by atoms with van der Waals surface area (Å²) in [5.41, 5.74) is 0. The summed E-state index contributed by atoms with van der Waals surface area (Å²) in [5.74, 6) is 0. The molecule has 0 saturated heterocycles. The van der Waals surface area contributed by atoms with Gasteiger partial charge in [0.1, 0.15) is 0 Å². The number of unbranched alkanes of at least 4 members (excludes halogenated alkanes) is 2. The van der Waals surface area contributed by atoms with Crippen molar-refractivity contribution in [1.29, 1.82) is 0 Å². The summed E-state index contributed by atoms with van der Waals surface area (Å²) in [6, 6.07) is 0. The molecule has 0 unspecified atom stereocenters. The molecular weight excluding hydrogens is 232 g/mol. The summed E-state index contributed by atoms with van der Waals surface area (Å²) in [7, 11) is 0. The number of allylic oxidation sites excluding steroid dienone is 1. The molecule has 0 atom stereocenters. The lowest BCUT2D eigenvalue weighted by Gasteiger charge is -1.83. The molecular formula is C6H12Br2. The van der Waals surface area contributed by atoms with Crippen LogP contribution in [0.1, 0.15) is 26.2 Å². The first kappa shape index (κ1) is 11.5. The van der Waals surface area contributed by atoms with Gasteiger partial charge in [-0.25, -0.2) is 0 Å². The van der Waals surface area contributed by atoms with Gasteiger partial charge in [0.25, 0.3) is 0 Å². The maximum absolute atomic E-state index is 3.20. The van der Waals surface area contributed by atoms with Crippen LogP contribution in [-0.4, -0.2) is 0 Å². The third kappa shape index (κ3) is 9.85. The van der Waals surface area contributed by atoms with Crippen LogP contribution >= 0.6 is 32.9 Å². The summed E-state index contributed by atoms with van der Waals surface area (Å²) < 4.78 is 0. The highest BCUT2D eigenvalue weighted by Gasteiger charge is 1.73. The highest BCUT2D eigenvalue weighted by Crippen LogP contribution is 1.95. The second kappa shape index (κ2) is 10.6. The average molecular weight is 244 g/mol. The minimum Gasteiger partial charge on any atom is -0.114 e. The van der Waals surface area contributed by atoms with Gasteiger partial charge in [0.05, 0.1) is 0 Å². The maximum Gasteiger partial charge on any atom is -0.0229 e. The topological polar surface area (TPSA) is 0 Å². The van der Waals surface area contributed by atoms with Crippen molar-refractivity contribution in [2.75, 3.05) is 0 Å². The second-order valence-electron chi connectivity index (χ2n) is 1.50.